The van der Waals surface area contributed by atoms with Gasteiger partial charge in [0.2, 0.25) is 10.0 Å². The molecule has 0 aliphatic rings. The highest BCUT2D eigenvalue weighted by molar-refractivity contribution is 7.89. The van der Waals surface area contributed by atoms with Crippen LogP contribution in [0.3, 0.4) is 0 Å². The molecule has 8 nitrogen and oxygen atoms in total. The van der Waals surface area contributed by atoms with Gasteiger partial charge in [-0.1, -0.05) is 19.1 Å². The number of likely N-dealkylation sites (N-methyl/N-ethyl adjacent to an activating group) is 1. The van der Waals surface area contributed by atoms with Gasteiger partial charge in [-0.05, 0) is 62.9 Å². The number of aromatic amines is 1. The number of carbonyl (C=O) groups is 1. The molecule has 172 valence electrons. The van der Waals surface area contributed by atoms with Gasteiger partial charge in [-0.2, -0.15) is 4.31 Å². The van der Waals surface area contributed by atoms with E-state index in [9.17, 15) is 13.2 Å². The fourth-order valence-corrected chi connectivity index (χ4v) is 5.12. The molecule has 0 bridgehead atoms. The maximum atomic E-state index is 13.1. The number of aromatic nitrogens is 3. The highest BCUT2D eigenvalue weighted by Gasteiger charge is 2.40. The molecule has 32 heavy (non-hydrogen) atoms. The minimum atomic E-state index is -3.88. The first-order valence-electron chi connectivity index (χ1n) is 10.4. The van der Waals surface area contributed by atoms with Gasteiger partial charge in [0.25, 0.3) is 0 Å². The van der Waals surface area contributed by atoms with Gasteiger partial charge in [-0.3, -0.25) is 4.79 Å². The van der Waals surface area contributed by atoms with E-state index in [1.807, 2.05) is 20.8 Å². The van der Waals surface area contributed by atoms with Gasteiger partial charge in [-0.15, -0.1) is 0 Å². The average molecular weight is 459 g/mol. The van der Waals surface area contributed by atoms with Crippen molar-refractivity contribution < 1.29 is 17.9 Å². The van der Waals surface area contributed by atoms with E-state index >= 15 is 0 Å². The first-order valence-corrected chi connectivity index (χ1v) is 11.9. The molecule has 0 aliphatic heterocycles. The third-order valence-corrected chi connectivity index (χ3v) is 8.07. The predicted molar refractivity (Wildman–Crippen MR) is 123 cm³/mol. The van der Waals surface area contributed by atoms with Crippen LogP contribution in [-0.4, -0.2) is 53.3 Å². The molecule has 0 saturated carbocycles. The molecule has 0 fully saturated rings. The first kappa shape index (κ1) is 23.9. The SMILES string of the molecule is CCc1nc2c(C)c(Cc3ccc(S(=O)(=O)N(C)C(C)(C)C(=O)OC)cc3)c(C)nc2[nH]1. The van der Waals surface area contributed by atoms with Crippen LogP contribution in [0.5, 0.6) is 0 Å². The van der Waals surface area contributed by atoms with E-state index in [1.165, 1.54) is 28.0 Å². The van der Waals surface area contributed by atoms with Crippen LogP contribution in [0.25, 0.3) is 11.2 Å². The van der Waals surface area contributed by atoms with Crippen molar-refractivity contribution in [2.75, 3.05) is 14.2 Å². The quantitative estimate of drug-likeness (QED) is 0.545. The van der Waals surface area contributed by atoms with Crippen molar-refractivity contribution in [3.8, 4) is 0 Å². The maximum Gasteiger partial charge on any atom is 0.326 e. The van der Waals surface area contributed by atoms with Crippen molar-refractivity contribution in [3.63, 3.8) is 0 Å². The Kier molecular flexibility index (Phi) is 6.44. The van der Waals surface area contributed by atoms with E-state index in [4.69, 9.17) is 4.74 Å². The summed E-state index contributed by atoms with van der Waals surface area (Å²) in [5, 5.41) is 0. The first-order chi connectivity index (χ1) is 14.9. The molecule has 3 aromatic rings. The Morgan fingerprint density at radius 3 is 2.34 bits per heavy atom. The van der Waals surface area contributed by atoms with Crippen LogP contribution in [-0.2, 0) is 32.4 Å². The Morgan fingerprint density at radius 1 is 1.16 bits per heavy atom. The third-order valence-electron chi connectivity index (χ3n) is 6.03. The molecule has 0 spiro atoms. The summed E-state index contributed by atoms with van der Waals surface area (Å²) in [7, 11) is -1.27. The molecule has 0 atom stereocenters. The zero-order valence-electron chi connectivity index (χ0n) is 19.6. The van der Waals surface area contributed by atoms with Crippen LogP contribution in [0.2, 0.25) is 0 Å². The molecule has 9 heteroatoms. The molecule has 0 saturated heterocycles. The number of nitrogens with one attached hydrogen (secondary N) is 1. The van der Waals surface area contributed by atoms with Gasteiger partial charge < -0.3 is 9.72 Å². The molecule has 1 aromatic carbocycles. The second-order valence-electron chi connectivity index (χ2n) is 8.38. The lowest BCUT2D eigenvalue weighted by Gasteiger charge is -2.31. The molecule has 0 unspecified atom stereocenters. The summed E-state index contributed by atoms with van der Waals surface area (Å²) in [6, 6.07) is 6.71. The van der Waals surface area contributed by atoms with Crippen molar-refractivity contribution >= 4 is 27.2 Å². The lowest BCUT2D eigenvalue weighted by molar-refractivity contribution is -0.149. The molecule has 1 N–H and O–H groups in total. The Morgan fingerprint density at radius 2 is 1.78 bits per heavy atom. The van der Waals surface area contributed by atoms with E-state index in [0.717, 1.165) is 50.1 Å². The van der Waals surface area contributed by atoms with Crippen molar-refractivity contribution in [1.82, 2.24) is 19.3 Å². The summed E-state index contributed by atoms with van der Waals surface area (Å²) in [5.41, 5.74) is 4.34. The summed E-state index contributed by atoms with van der Waals surface area (Å²) in [6.07, 6.45) is 1.42. The number of nitrogens with zero attached hydrogens (tertiary/aromatic N) is 3. The highest BCUT2D eigenvalue weighted by atomic mass is 32.2. The number of hydrogen-bond donors (Lipinski definition) is 1. The number of carbonyl (C=O) groups excluding carboxylic acids is 1. The van der Waals surface area contributed by atoms with E-state index in [0.29, 0.717) is 6.42 Å². The smallest absolute Gasteiger partial charge is 0.326 e. The normalized spacial score (nSPS) is 12.5. The average Bonchev–Trinajstić information content (AvgIpc) is 3.19. The second-order valence-corrected chi connectivity index (χ2v) is 10.3. The number of benzene rings is 1. The Labute approximate surface area is 189 Å². The Balaban J connectivity index is 1.90. The number of H-pyrrole nitrogens is 1. The molecule has 2 aromatic heterocycles. The van der Waals surface area contributed by atoms with Gasteiger partial charge >= 0.3 is 5.97 Å². The number of sulfonamides is 1. The summed E-state index contributed by atoms with van der Waals surface area (Å²) >= 11 is 0. The largest absolute Gasteiger partial charge is 0.468 e. The van der Waals surface area contributed by atoms with E-state index in [2.05, 4.69) is 15.0 Å². The topological polar surface area (TPSA) is 105 Å². The summed E-state index contributed by atoms with van der Waals surface area (Å²) < 4.78 is 31.9. The number of hydrogen-bond acceptors (Lipinski definition) is 6. The van der Waals surface area contributed by atoms with Crippen LogP contribution in [0.1, 0.15) is 49.0 Å². The number of imidazole rings is 1. The van der Waals surface area contributed by atoms with Crippen LogP contribution in [0, 0.1) is 13.8 Å². The number of methoxy groups -OCH3 is 1. The fraction of sp³-hybridized carbons (Fsp3) is 0.435. The monoisotopic (exact) mass is 458 g/mol. The standard InChI is InChI=1S/C23H30N4O4S/c1-8-19-25-20-14(2)18(15(3)24-21(20)26-19)13-16-9-11-17(12-10-16)32(29,30)27(6)23(4,5)22(28)31-7/h9-12H,8,13H2,1-7H3,(H,24,25,26). The molecule has 2 heterocycles. The number of ether oxygens (including phenoxy) is 1. The molecule has 0 radical (unpaired) electrons. The lowest BCUT2D eigenvalue weighted by Crippen LogP contribution is -2.51. The third kappa shape index (κ3) is 4.14. The maximum absolute atomic E-state index is 13.1. The van der Waals surface area contributed by atoms with Gasteiger partial charge in [0.15, 0.2) is 5.65 Å². The fourth-order valence-electron chi connectivity index (χ4n) is 3.65. The molecular formula is C23H30N4O4S. The van der Waals surface area contributed by atoms with Crippen LogP contribution < -0.4 is 0 Å². The number of aryl methyl sites for hydroxylation is 3. The van der Waals surface area contributed by atoms with E-state index in [-0.39, 0.29) is 4.90 Å². The van der Waals surface area contributed by atoms with Gasteiger partial charge in [0.1, 0.15) is 16.9 Å². The second kappa shape index (κ2) is 8.63. The minimum Gasteiger partial charge on any atom is -0.468 e. The minimum absolute atomic E-state index is 0.114. The van der Waals surface area contributed by atoms with Crippen molar-refractivity contribution in [2.45, 2.75) is 57.9 Å². The predicted octanol–water partition coefficient (Wildman–Crippen LogP) is 3.30. The van der Waals surface area contributed by atoms with Crippen LogP contribution >= 0.6 is 0 Å². The summed E-state index contributed by atoms with van der Waals surface area (Å²) in [6.45, 7) is 9.07. The zero-order chi connectivity index (χ0) is 23.8. The Bertz CT molecular complexity index is 1260. The molecule has 0 amide bonds. The molecule has 3 rings (SSSR count). The van der Waals surface area contributed by atoms with Crippen LogP contribution in [0.4, 0.5) is 0 Å². The number of fused-ring (bicyclic) bond motifs is 1. The molecular weight excluding hydrogens is 428 g/mol. The van der Waals surface area contributed by atoms with Crippen molar-refractivity contribution in [1.29, 1.82) is 0 Å². The number of esters is 1. The molecule has 0 aliphatic carbocycles. The van der Waals surface area contributed by atoms with E-state index < -0.39 is 21.5 Å². The van der Waals surface area contributed by atoms with Gasteiger partial charge in [-0.25, -0.2) is 18.4 Å². The van der Waals surface area contributed by atoms with Crippen LogP contribution in [0.15, 0.2) is 29.2 Å². The van der Waals surface area contributed by atoms with E-state index in [1.54, 1.807) is 24.3 Å². The Hall–Kier alpha value is -2.78. The number of rotatable bonds is 7. The number of pyridine rings is 1. The summed E-state index contributed by atoms with van der Waals surface area (Å²) in [5.74, 6) is 0.277. The van der Waals surface area contributed by atoms with Crippen molar-refractivity contribution in [2.24, 2.45) is 0 Å². The van der Waals surface area contributed by atoms with Crippen molar-refractivity contribution in [3.05, 3.63) is 52.5 Å². The summed E-state index contributed by atoms with van der Waals surface area (Å²) in [4.78, 5) is 24.7. The van der Waals surface area contributed by atoms with Gasteiger partial charge in [0.05, 0.1) is 12.0 Å². The zero-order valence-corrected chi connectivity index (χ0v) is 20.4. The lowest BCUT2D eigenvalue weighted by atomic mass is 9.99. The highest BCUT2D eigenvalue weighted by Crippen LogP contribution is 2.27. The van der Waals surface area contributed by atoms with Gasteiger partial charge in [0, 0.05) is 19.2 Å².